The monoisotopic (exact) mass is 697 g/mol. The fourth-order valence-corrected chi connectivity index (χ4v) is 6.39. The number of hydrogen-bond acceptors (Lipinski definition) is 6. The summed E-state index contributed by atoms with van der Waals surface area (Å²) in [6, 6.07) is 19.2. The molecule has 2 aromatic carbocycles. The second-order valence-electron chi connectivity index (χ2n) is 10.6. The molecule has 0 bridgehead atoms. The predicted octanol–water partition coefficient (Wildman–Crippen LogP) is 8.63. The Morgan fingerprint density at radius 2 is 1.78 bits per heavy atom. The molecular formula is C32H27BrF3N5O3S. The highest BCUT2D eigenvalue weighted by atomic mass is 79.9. The van der Waals surface area contributed by atoms with E-state index in [0.717, 1.165) is 58.8 Å². The molecule has 232 valence electrons. The Hall–Kier alpha value is -4.23. The summed E-state index contributed by atoms with van der Waals surface area (Å²) in [7, 11) is -5.64. The summed E-state index contributed by atoms with van der Waals surface area (Å²) in [5.41, 5.74) is -0.0571. The van der Waals surface area contributed by atoms with Crippen molar-refractivity contribution in [3.63, 3.8) is 0 Å². The lowest BCUT2D eigenvalue weighted by Crippen LogP contribution is -2.30. The first kappa shape index (κ1) is 30.8. The molecule has 0 aliphatic heterocycles. The Labute approximate surface area is 265 Å². The number of anilines is 1. The van der Waals surface area contributed by atoms with Crippen molar-refractivity contribution in [2.75, 3.05) is 4.72 Å². The van der Waals surface area contributed by atoms with E-state index in [2.05, 4.69) is 32.4 Å². The molecule has 4 aromatic heterocycles. The van der Waals surface area contributed by atoms with Gasteiger partial charge in [0.05, 0.1) is 22.4 Å². The van der Waals surface area contributed by atoms with Gasteiger partial charge < -0.3 is 8.98 Å². The van der Waals surface area contributed by atoms with Crippen LogP contribution in [0.15, 0.2) is 81.8 Å². The van der Waals surface area contributed by atoms with E-state index >= 15 is 0 Å². The molecule has 0 atom stereocenters. The smallest absolute Gasteiger partial charge is 0.455 e. The van der Waals surface area contributed by atoms with Crippen molar-refractivity contribution in [2.24, 2.45) is 0 Å². The topological polar surface area (TPSA) is 103 Å². The number of unbranched alkanes of at least 4 members (excludes halogenated alkanes) is 1. The van der Waals surface area contributed by atoms with Crippen molar-refractivity contribution in [1.29, 1.82) is 0 Å². The minimum Gasteiger partial charge on any atom is -0.455 e. The first-order valence-corrected chi connectivity index (χ1v) is 16.4. The normalized spacial score (nSPS) is 12.3. The molecular weight excluding hydrogens is 671 g/mol. The van der Waals surface area contributed by atoms with Gasteiger partial charge in [-0.05, 0) is 77.3 Å². The van der Waals surface area contributed by atoms with Gasteiger partial charge >= 0.3 is 15.5 Å². The van der Waals surface area contributed by atoms with Gasteiger partial charge in [-0.15, -0.1) is 0 Å². The van der Waals surface area contributed by atoms with Crippen LogP contribution in [-0.4, -0.2) is 33.4 Å². The first-order chi connectivity index (χ1) is 21.5. The Morgan fingerprint density at radius 3 is 2.51 bits per heavy atom. The number of alkyl halides is 3. The maximum atomic E-state index is 13.1. The largest absolute Gasteiger partial charge is 0.516 e. The maximum Gasteiger partial charge on any atom is 0.516 e. The molecule has 0 aliphatic carbocycles. The number of hydrogen-bond donors (Lipinski definition) is 1. The van der Waals surface area contributed by atoms with Crippen LogP contribution in [0, 0.1) is 6.92 Å². The maximum absolute atomic E-state index is 13.1. The Kier molecular flexibility index (Phi) is 8.16. The molecule has 0 aliphatic rings. The minimum atomic E-state index is -5.64. The SMILES string of the molecule is CCCCc1nc2cc(-c3ccccn3)c(C)nc2n1Cc1ccc2oc(-c3ccccc3NS(=O)(=O)C(F)(F)F)c(Br)c2c1. The van der Waals surface area contributed by atoms with E-state index in [0.29, 0.717) is 22.0 Å². The number of para-hydroxylation sites is 1. The number of furan rings is 1. The number of halogens is 4. The Balaban J connectivity index is 1.39. The molecule has 13 heteroatoms. The van der Waals surface area contributed by atoms with E-state index in [4.69, 9.17) is 14.4 Å². The average molecular weight is 699 g/mol. The second kappa shape index (κ2) is 11.9. The molecule has 6 rings (SSSR count). The van der Waals surface area contributed by atoms with Gasteiger partial charge in [0, 0.05) is 34.8 Å². The van der Waals surface area contributed by atoms with Gasteiger partial charge in [0.1, 0.15) is 16.9 Å². The number of benzene rings is 2. The number of aromatic nitrogens is 4. The number of rotatable bonds is 9. The molecule has 0 radical (unpaired) electrons. The van der Waals surface area contributed by atoms with Gasteiger partial charge in [-0.2, -0.15) is 21.6 Å². The highest BCUT2D eigenvalue weighted by molar-refractivity contribution is 9.10. The van der Waals surface area contributed by atoms with Crippen LogP contribution in [-0.2, 0) is 23.0 Å². The van der Waals surface area contributed by atoms with Gasteiger partial charge in [-0.1, -0.05) is 37.6 Å². The van der Waals surface area contributed by atoms with Crippen molar-refractivity contribution in [1.82, 2.24) is 19.5 Å². The van der Waals surface area contributed by atoms with Gasteiger partial charge in [0.15, 0.2) is 11.4 Å². The third-order valence-electron chi connectivity index (χ3n) is 7.44. The predicted molar refractivity (Wildman–Crippen MR) is 171 cm³/mol. The summed E-state index contributed by atoms with van der Waals surface area (Å²) in [4.78, 5) is 14.4. The Morgan fingerprint density at radius 1 is 1.00 bits per heavy atom. The summed E-state index contributed by atoms with van der Waals surface area (Å²) in [5, 5.41) is 0.678. The molecule has 0 spiro atoms. The third kappa shape index (κ3) is 5.94. The van der Waals surface area contributed by atoms with Gasteiger partial charge in [-0.3, -0.25) is 9.71 Å². The number of nitrogens with zero attached hydrogens (tertiary/aromatic N) is 4. The zero-order valence-corrected chi connectivity index (χ0v) is 26.6. The molecule has 6 aromatic rings. The lowest BCUT2D eigenvalue weighted by molar-refractivity contribution is -0.0429. The standard InChI is InChI=1S/C32H27BrF3N5O3S/c1-3-4-12-28-39-26-17-22(24-10-7-8-15-37-24)19(2)38-31(26)41(28)18-20-13-14-27-23(16-20)29(33)30(44-27)21-9-5-6-11-25(21)40-45(42,43)32(34,35)36/h5-11,13-17,40H,3-4,12,18H2,1-2H3. The fourth-order valence-electron chi connectivity index (χ4n) is 5.20. The van der Waals surface area contributed by atoms with Crippen molar-refractivity contribution >= 4 is 53.8 Å². The summed E-state index contributed by atoms with van der Waals surface area (Å²) < 4.78 is 73.3. The minimum absolute atomic E-state index is 0.154. The number of imidazole rings is 1. The number of nitrogens with one attached hydrogen (secondary N) is 1. The van der Waals surface area contributed by atoms with Gasteiger partial charge in [0.2, 0.25) is 0 Å². The lowest BCUT2D eigenvalue weighted by atomic mass is 10.1. The van der Waals surface area contributed by atoms with Gasteiger partial charge in [-0.25, -0.2) is 9.97 Å². The highest BCUT2D eigenvalue weighted by Gasteiger charge is 2.46. The number of aryl methyl sites for hydroxylation is 2. The molecule has 45 heavy (non-hydrogen) atoms. The van der Waals surface area contributed by atoms with Crippen molar-refractivity contribution in [2.45, 2.75) is 45.2 Å². The zero-order valence-electron chi connectivity index (χ0n) is 24.2. The van der Waals surface area contributed by atoms with E-state index in [-0.39, 0.29) is 17.0 Å². The van der Waals surface area contributed by atoms with Crippen LogP contribution >= 0.6 is 15.9 Å². The molecule has 0 saturated heterocycles. The summed E-state index contributed by atoms with van der Waals surface area (Å²) in [5.74, 6) is 1.11. The van der Waals surface area contributed by atoms with Crippen LogP contribution in [0.4, 0.5) is 18.9 Å². The molecule has 0 saturated carbocycles. The molecule has 1 N–H and O–H groups in total. The van der Waals surface area contributed by atoms with Gasteiger partial charge in [0.25, 0.3) is 0 Å². The lowest BCUT2D eigenvalue weighted by Gasteiger charge is -2.13. The van der Waals surface area contributed by atoms with Crippen LogP contribution in [0.2, 0.25) is 0 Å². The molecule has 0 amide bonds. The Bertz CT molecular complexity index is 2150. The first-order valence-electron chi connectivity index (χ1n) is 14.1. The number of sulfonamides is 1. The van der Waals surface area contributed by atoms with Crippen molar-refractivity contribution in [3.8, 4) is 22.6 Å². The number of fused-ring (bicyclic) bond motifs is 2. The summed E-state index contributed by atoms with van der Waals surface area (Å²) in [6.07, 6.45) is 4.49. The van der Waals surface area contributed by atoms with Crippen LogP contribution in [0.25, 0.3) is 44.7 Å². The van der Waals surface area contributed by atoms with Crippen LogP contribution in [0.3, 0.4) is 0 Å². The van der Waals surface area contributed by atoms with Crippen molar-refractivity contribution in [3.05, 3.63) is 94.5 Å². The van der Waals surface area contributed by atoms with Crippen LogP contribution in [0.5, 0.6) is 0 Å². The molecule has 8 nitrogen and oxygen atoms in total. The molecule has 0 unspecified atom stereocenters. The average Bonchev–Trinajstić information content (AvgIpc) is 3.51. The summed E-state index contributed by atoms with van der Waals surface area (Å²) in [6.45, 7) is 4.55. The van der Waals surface area contributed by atoms with Crippen molar-refractivity contribution < 1.29 is 26.0 Å². The molecule has 4 heterocycles. The van der Waals surface area contributed by atoms with E-state index in [1.807, 2.05) is 43.3 Å². The van der Waals surface area contributed by atoms with E-state index in [9.17, 15) is 21.6 Å². The quantitative estimate of drug-likeness (QED) is 0.162. The highest BCUT2D eigenvalue weighted by Crippen LogP contribution is 2.42. The van der Waals surface area contributed by atoms with E-state index in [1.54, 1.807) is 23.1 Å². The molecule has 0 fully saturated rings. The summed E-state index contributed by atoms with van der Waals surface area (Å²) >= 11 is 3.55. The third-order valence-corrected chi connectivity index (χ3v) is 9.32. The van der Waals surface area contributed by atoms with E-state index < -0.39 is 15.5 Å². The van der Waals surface area contributed by atoms with Crippen LogP contribution < -0.4 is 4.72 Å². The second-order valence-corrected chi connectivity index (χ2v) is 13.0. The fraction of sp³-hybridized carbons (Fsp3) is 0.219. The van der Waals surface area contributed by atoms with E-state index in [1.165, 1.54) is 18.2 Å². The number of pyridine rings is 2. The van der Waals surface area contributed by atoms with Crippen LogP contribution in [0.1, 0.15) is 36.8 Å². The zero-order chi connectivity index (χ0) is 31.9.